The van der Waals surface area contributed by atoms with E-state index in [-0.39, 0.29) is 12.3 Å². The van der Waals surface area contributed by atoms with Crippen LogP contribution in [0.25, 0.3) is 0 Å². The zero-order valence-electron chi connectivity index (χ0n) is 12.9. The summed E-state index contributed by atoms with van der Waals surface area (Å²) in [6, 6.07) is 13.2. The largest absolute Gasteiger partial charge is 0.377 e. The molecule has 0 saturated heterocycles. The molecule has 0 heterocycles. The quantitative estimate of drug-likeness (QED) is 0.803. The fourth-order valence-electron chi connectivity index (χ4n) is 2.10. The van der Waals surface area contributed by atoms with Crippen LogP contribution < -0.4 is 5.32 Å². The second kappa shape index (κ2) is 8.92. The third-order valence-corrected chi connectivity index (χ3v) is 4.09. The molecule has 0 aromatic heterocycles. The van der Waals surface area contributed by atoms with Gasteiger partial charge in [-0.15, -0.1) is 0 Å². The zero-order chi connectivity index (χ0) is 16.7. The van der Waals surface area contributed by atoms with E-state index in [0.717, 1.165) is 11.1 Å². The molecular weight excluding hydrogens is 333 g/mol. The summed E-state index contributed by atoms with van der Waals surface area (Å²) >= 11 is 12.1. The van der Waals surface area contributed by atoms with Gasteiger partial charge in [0.1, 0.15) is 0 Å². The van der Waals surface area contributed by atoms with Gasteiger partial charge in [0.2, 0.25) is 5.91 Å². The molecule has 0 unspecified atom stereocenters. The first kappa shape index (κ1) is 17.8. The van der Waals surface area contributed by atoms with E-state index in [1.54, 1.807) is 18.2 Å². The molecule has 0 saturated carbocycles. The van der Waals surface area contributed by atoms with Crippen LogP contribution in [0.1, 0.15) is 23.6 Å². The van der Waals surface area contributed by atoms with Gasteiger partial charge in [-0.1, -0.05) is 53.5 Å². The van der Waals surface area contributed by atoms with Crippen LogP contribution in [0.4, 0.5) is 0 Å². The molecule has 0 aliphatic rings. The highest BCUT2D eigenvalue weighted by Crippen LogP contribution is 2.24. The molecule has 0 bridgehead atoms. The summed E-state index contributed by atoms with van der Waals surface area (Å²) in [5.41, 5.74) is 2.80. The lowest BCUT2D eigenvalue weighted by Crippen LogP contribution is -2.24. The molecule has 23 heavy (non-hydrogen) atoms. The highest BCUT2D eigenvalue weighted by molar-refractivity contribution is 6.36. The Balaban J connectivity index is 1.87. The van der Waals surface area contributed by atoms with Crippen molar-refractivity contribution < 1.29 is 9.53 Å². The van der Waals surface area contributed by atoms with Crippen LogP contribution in [-0.4, -0.2) is 12.5 Å². The Bertz CT molecular complexity index is 636. The lowest BCUT2D eigenvalue weighted by molar-refractivity contribution is -0.120. The monoisotopic (exact) mass is 351 g/mol. The van der Waals surface area contributed by atoms with Gasteiger partial charge in [0.25, 0.3) is 0 Å². The standard InChI is InChI=1S/C18H19Cl2NO2/c1-2-23-12-14-8-6-13(7-9-14)11-21-18(22)10-15-16(19)4-3-5-17(15)20/h3-9H,2,10-12H2,1H3,(H,21,22). The van der Waals surface area contributed by atoms with Crippen molar-refractivity contribution in [3.05, 3.63) is 69.2 Å². The van der Waals surface area contributed by atoms with Crippen molar-refractivity contribution in [1.29, 1.82) is 0 Å². The predicted molar refractivity (Wildman–Crippen MR) is 93.8 cm³/mol. The second-order valence-corrected chi connectivity index (χ2v) is 5.92. The van der Waals surface area contributed by atoms with Crippen molar-refractivity contribution in [3.63, 3.8) is 0 Å². The Hall–Kier alpha value is -1.55. The van der Waals surface area contributed by atoms with Crippen LogP contribution in [0.15, 0.2) is 42.5 Å². The van der Waals surface area contributed by atoms with Gasteiger partial charge in [-0.25, -0.2) is 0 Å². The molecule has 1 N–H and O–H groups in total. The predicted octanol–water partition coefficient (Wildman–Crippen LogP) is 4.39. The highest BCUT2D eigenvalue weighted by Gasteiger charge is 2.10. The minimum Gasteiger partial charge on any atom is -0.377 e. The molecular formula is C18H19Cl2NO2. The number of rotatable bonds is 7. The Labute approximate surface area is 146 Å². The van der Waals surface area contributed by atoms with Gasteiger partial charge in [-0.2, -0.15) is 0 Å². The average molecular weight is 352 g/mol. The van der Waals surface area contributed by atoms with E-state index in [4.69, 9.17) is 27.9 Å². The third kappa shape index (κ3) is 5.54. The van der Waals surface area contributed by atoms with Crippen LogP contribution >= 0.6 is 23.2 Å². The van der Waals surface area contributed by atoms with Crippen molar-refractivity contribution in [2.75, 3.05) is 6.61 Å². The molecule has 2 rings (SSSR count). The Morgan fingerprint density at radius 3 is 2.26 bits per heavy atom. The molecule has 2 aromatic rings. The highest BCUT2D eigenvalue weighted by atomic mass is 35.5. The van der Waals surface area contributed by atoms with E-state index < -0.39 is 0 Å². The lowest BCUT2D eigenvalue weighted by Gasteiger charge is -2.09. The van der Waals surface area contributed by atoms with Gasteiger partial charge >= 0.3 is 0 Å². The van der Waals surface area contributed by atoms with Gasteiger partial charge in [-0.05, 0) is 35.7 Å². The fraction of sp³-hybridized carbons (Fsp3) is 0.278. The van der Waals surface area contributed by atoms with Gasteiger partial charge in [-0.3, -0.25) is 4.79 Å². The molecule has 0 spiro atoms. The minimum absolute atomic E-state index is 0.113. The number of benzene rings is 2. The van der Waals surface area contributed by atoms with Crippen molar-refractivity contribution in [2.24, 2.45) is 0 Å². The van der Waals surface area contributed by atoms with E-state index in [0.29, 0.717) is 35.4 Å². The van der Waals surface area contributed by atoms with Crippen LogP contribution in [-0.2, 0) is 29.1 Å². The molecule has 0 aliphatic heterocycles. The summed E-state index contributed by atoms with van der Waals surface area (Å²) in [5.74, 6) is -0.113. The van der Waals surface area contributed by atoms with Crippen molar-refractivity contribution in [2.45, 2.75) is 26.5 Å². The van der Waals surface area contributed by atoms with Crippen molar-refractivity contribution in [1.82, 2.24) is 5.32 Å². The maximum Gasteiger partial charge on any atom is 0.224 e. The summed E-state index contributed by atoms with van der Waals surface area (Å²) in [7, 11) is 0. The number of carbonyl (C=O) groups excluding carboxylic acids is 1. The van der Waals surface area contributed by atoms with Crippen LogP contribution in [0, 0.1) is 0 Å². The number of carbonyl (C=O) groups is 1. The molecule has 1 amide bonds. The smallest absolute Gasteiger partial charge is 0.224 e. The second-order valence-electron chi connectivity index (χ2n) is 5.11. The van der Waals surface area contributed by atoms with E-state index in [1.807, 2.05) is 31.2 Å². The van der Waals surface area contributed by atoms with E-state index in [1.165, 1.54) is 0 Å². The Kier molecular flexibility index (Phi) is 6.90. The third-order valence-electron chi connectivity index (χ3n) is 3.38. The molecule has 2 aromatic carbocycles. The number of hydrogen-bond acceptors (Lipinski definition) is 2. The summed E-state index contributed by atoms with van der Waals surface area (Å²) in [5, 5.41) is 3.89. The number of nitrogens with one attached hydrogen (secondary N) is 1. The Morgan fingerprint density at radius 1 is 1.04 bits per heavy atom. The van der Waals surface area contributed by atoms with Crippen molar-refractivity contribution in [3.8, 4) is 0 Å². The maximum absolute atomic E-state index is 12.1. The number of hydrogen-bond donors (Lipinski definition) is 1. The summed E-state index contributed by atoms with van der Waals surface area (Å²) < 4.78 is 5.35. The average Bonchev–Trinajstić information content (AvgIpc) is 2.55. The van der Waals surface area contributed by atoms with Crippen LogP contribution in [0.5, 0.6) is 0 Å². The van der Waals surface area contributed by atoms with Gasteiger partial charge in [0, 0.05) is 23.2 Å². The van der Waals surface area contributed by atoms with Gasteiger partial charge in [0.15, 0.2) is 0 Å². The summed E-state index contributed by atoms with van der Waals surface area (Å²) in [6.45, 7) is 3.74. The van der Waals surface area contributed by atoms with Crippen LogP contribution in [0.3, 0.4) is 0 Å². The lowest BCUT2D eigenvalue weighted by atomic mass is 10.1. The molecule has 0 radical (unpaired) electrons. The maximum atomic E-state index is 12.1. The topological polar surface area (TPSA) is 38.3 Å². The Morgan fingerprint density at radius 2 is 1.65 bits per heavy atom. The van der Waals surface area contributed by atoms with Crippen LogP contribution in [0.2, 0.25) is 10.0 Å². The molecule has 0 aliphatic carbocycles. The SMILES string of the molecule is CCOCc1ccc(CNC(=O)Cc2c(Cl)cccc2Cl)cc1. The van der Waals surface area contributed by atoms with Gasteiger partial charge in [0.05, 0.1) is 13.0 Å². The first-order valence-electron chi connectivity index (χ1n) is 7.45. The molecule has 3 nitrogen and oxygen atoms in total. The first-order valence-corrected chi connectivity index (χ1v) is 8.21. The zero-order valence-corrected chi connectivity index (χ0v) is 14.5. The van der Waals surface area contributed by atoms with Gasteiger partial charge < -0.3 is 10.1 Å². The minimum atomic E-state index is -0.113. The number of ether oxygens (including phenoxy) is 1. The summed E-state index contributed by atoms with van der Waals surface area (Å²) in [4.78, 5) is 12.1. The summed E-state index contributed by atoms with van der Waals surface area (Å²) in [6.07, 6.45) is 0.168. The van der Waals surface area contributed by atoms with Crippen molar-refractivity contribution >= 4 is 29.1 Å². The molecule has 122 valence electrons. The van der Waals surface area contributed by atoms with E-state index in [9.17, 15) is 4.79 Å². The first-order chi connectivity index (χ1) is 11.1. The molecule has 0 atom stereocenters. The van der Waals surface area contributed by atoms with E-state index in [2.05, 4.69) is 5.32 Å². The molecule has 0 fully saturated rings. The number of halogens is 2. The normalized spacial score (nSPS) is 10.6. The fourth-order valence-corrected chi connectivity index (χ4v) is 2.63. The number of amides is 1. The molecule has 5 heteroatoms. The van der Waals surface area contributed by atoms with E-state index >= 15 is 0 Å².